The Bertz CT molecular complexity index is 5120. The maximum atomic E-state index is 13.1. The average Bonchev–Trinajstić information content (AvgIpc) is 0.824. The molecule has 0 aliphatic carbocycles. The van der Waals surface area contributed by atoms with Crippen LogP contribution in [-0.2, 0) is 71.7 Å². The lowest BCUT2D eigenvalue weighted by Gasteiger charge is -2.12. The summed E-state index contributed by atoms with van der Waals surface area (Å²) in [6.07, 6.45) is 16.1. The predicted octanol–water partition coefficient (Wildman–Crippen LogP) is 17.0. The van der Waals surface area contributed by atoms with E-state index in [9.17, 15) is 67.7 Å². The summed E-state index contributed by atoms with van der Waals surface area (Å²) in [5, 5.41) is 27.2. The Kier molecular flexibility index (Phi) is 42.9. The molecule has 9 aromatic carbocycles. The SMILES string of the molecule is C=CC(=O)OCCCCCCOc1ccc(CCC(=O)O)cc1.C=CC(=O)OCCCCCCOc1ccc(CCC(=O)Oc2ccc(C(=O)Oc3ccc(OC(=O)c4ccc(OC(=O)CCc5ccc(OCCCCCCOC(=O)C=C)cc5)cc4)c(C(=O)OC)c3)cc2)cc1.COC(=O)c1cc(OC(=O)c2ccc(O)cc2)ccc1OC(=O)c1ccc(O)cc1. The number of rotatable bonds is 48. The summed E-state index contributed by atoms with van der Waals surface area (Å²) in [4.78, 5) is 144. The van der Waals surface area contributed by atoms with E-state index in [1.165, 1.54) is 140 Å². The van der Waals surface area contributed by atoms with Crippen LogP contribution in [0.3, 0.4) is 0 Å². The third-order valence-corrected chi connectivity index (χ3v) is 18.2. The largest absolute Gasteiger partial charge is 0.508 e. The fraction of sp³-hybridized carbons (Fsp3) is 0.265. The predicted molar refractivity (Wildman–Crippen MR) is 463 cm³/mol. The van der Waals surface area contributed by atoms with Gasteiger partial charge in [-0.25, -0.2) is 43.2 Å². The van der Waals surface area contributed by atoms with Gasteiger partial charge in [0.15, 0.2) is 0 Å². The number of carboxylic acids is 1. The minimum absolute atomic E-state index is 0.000625. The standard InChI is InChI=1S/C58H60O16.C22H16O8.C18H24O5/c1-4-52(59)69-38-12-8-6-10-36-67-45-24-14-41(15-25-45)18-34-54(61)71-47-28-20-43(21-29-47)56(63)73-49-32-33-51(50(40-49)58(65)66-3)74-57(64)44-22-30-48(31-23-44)72-55(62)35-19-42-16-26-46(27-17-42)68-37-11-7-9-13-39-70-53(60)5-2;1-28-22(27)18-12-17(29-20(25)13-2-6-15(23)7-3-13)10-11-19(18)30-21(26)14-4-8-16(24)9-5-14;1-2-18(21)23-14-6-4-3-5-13-22-16-10-7-15(8-11-16)9-12-17(19)20/h4-5,14-17,20-33,40H,1-2,6-13,18-19,34-39H2,3H3;2-12,23-24H,1H3;2,7-8,10-11H,1,3-6,9,12-14H2,(H,19,20). The van der Waals surface area contributed by atoms with Gasteiger partial charge in [-0.3, -0.25) is 14.4 Å². The lowest BCUT2D eigenvalue weighted by molar-refractivity contribution is -0.138. The quantitative estimate of drug-likeness (QED) is 0.0105. The second-order valence-corrected chi connectivity index (χ2v) is 27.7. The molecular formula is C98H100O29. The molecule has 3 N–H and O–H groups in total. The van der Waals surface area contributed by atoms with E-state index in [1.54, 1.807) is 0 Å². The van der Waals surface area contributed by atoms with Gasteiger partial charge >= 0.3 is 71.6 Å². The van der Waals surface area contributed by atoms with Crippen molar-refractivity contribution in [1.29, 1.82) is 0 Å². The van der Waals surface area contributed by atoms with Crippen molar-refractivity contribution in [3.05, 3.63) is 294 Å². The van der Waals surface area contributed by atoms with Gasteiger partial charge in [-0.1, -0.05) is 56.1 Å². The van der Waals surface area contributed by atoms with E-state index in [4.69, 9.17) is 71.4 Å². The Morgan fingerprint density at radius 3 is 0.827 bits per heavy atom. The maximum absolute atomic E-state index is 13.1. The van der Waals surface area contributed by atoms with Crippen molar-refractivity contribution in [2.24, 2.45) is 0 Å². The minimum atomic E-state index is -0.860. The Morgan fingerprint density at radius 1 is 0.283 bits per heavy atom. The van der Waals surface area contributed by atoms with Gasteiger partial charge in [0.25, 0.3) is 0 Å². The summed E-state index contributed by atoms with van der Waals surface area (Å²) in [6.45, 7) is 13.0. The number of phenolic OH excluding ortho intramolecular Hbond substituents is 2. The molecule has 0 atom stereocenters. The first-order chi connectivity index (χ1) is 61.4. The van der Waals surface area contributed by atoms with E-state index >= 15 is 0 Å². The molecule has 9 rings (SSSR count). The highest BCUT2D eigenvalue weighted by Crippen LogP contribution is 2.31. The molecule has 0 fully saturated rings. The number of hydrogen-bond donors (Lipinski definition) is 3. The van der Waals surface area contributed by atoms with Crippen LogP contribution in [0.25, 0.3) is 0 Å². The molecule has 0 radical (unpaired) electrons. The summed E-state index contributed by atoms with van der Waals surface area (Å²) in [6, 6.07) is 52.4. The minimum Gasteiger partial charge on any atom is -0.508 e. The van der Waals surface area contributed by atoms with E-state index in [2.05, 4.69) is 19.7 Å². The second-order valence-electron chi connectivity index (χ2n) is 27.7. The van der Waals surface area contributed by atoms with Crippen molar-refractivity contribution in [3.63, 3.8) is 0 Å². The van der Waals surface area contributed by atoms with Crippen LogP contribution in [0, 0.1) is 0 Å². The number of carboxylic acid groups (broad SMARTS) is 1. The van der Waals surface area contributed by atoms with E-state index in [0.29, 0.717) is 58.9 Å². The molecule has 0 bridgehead atoms. The number of esters is 11. The Hall–Kier alpha value is -15.2. The van der Waals surface area contributed by atoms with Crippen LogP contribution in [0.1, 0.15) is 175 Å². The molecule has 0 spiro atoms. The number of unbranched alkanes of at least 4 members (excludes halogenated alkanes) is 9. The topological polar surface area (TPSA) is 395 Å². The van der Waals surface area contributed by atoms with Crippen molar-refractivity contribution < 1.29 is 139 Å². The second kappa shape index (κ2) is 55.1. The molecule has 127 heavy (non-hydrogen) atoms. The van der Waals surface area contributed by atoms with Gasteiger partial charge in [0.2, 0.25) is 0 Å². The Balaban J connectivity index is 0.000000336. The highest BCUT2D eigenvalue weighted by atomic mass is 16.6. The Morgan fingerprint density at radius 2 is 0.543 bits per heavy atom. The number of benzene rings is 9. The number of methoxy groups -OCH3 is 2. The summed E-state index contributed by atoms with van der Waals surface area (Å²) >= 11 is 0. The molecule has 29 nitrogen and oxygen atoms in total. The first-order valence-corrected chi connectivity index (χ1v) is 40.7. The smallest absolute Gasteiger partial charge is 0.343 e. The monoisotopic (exact) mass is 1740 g/mol. The van der Waals surface area contributed by atoms with Gasteiger partial charge in [-0.2, -0.15) is 0 Å². The van der Waals surface area contributed by atoms with Crippen LogP contribution in [0.4, 0.5) is 0 Å². The molecule has 0 aromatic heterocycles. The molecule has 0 unspecified atom stereocenters. The summed E-state index contributed by atoms with van der Waals surface area (Å²) in [5.41, 5.74) is 3.10. The molecule has 9 aromatic rings. The van der Waals surface area contributed by atoms with Crippen LogP contribution in [0.2, 0.25) is 0 Å². The first-order valence-electron chi connectivity index (χ1n) is 40.7. The molecule has 666 valence electrons. The molecule has 0 saturated heterocycles. The number of aliphatic carboxylic acids is 1. The molecule has 0 aliphatic heterocycles. The van der Waals surface area contributed by atoms with Gasteiger partial charge in [-0.15, -0.1) is 0 Å². The normalized spacial score (nSPS) is 10.3. The van der Waals surface area contributed by atoms with Gasteiger partial charge in [0.05, 0.1) is 76.1 Å². The van der Waals surface area contributed by atoms with E-state index < -0.39 is 65.7 Å². The van der Waals surface area contributed by atoms with Gasteiger partial charge in [-0.05, 0) is 283 Å². The number of carbonyl (C=O) groups excluding carboxylic acids is 11. The van der Waals surface area contributed by atoms with Gasteiger partial charge in [0.1, 0.15) is 74.4 Å². The number of hydrogen-bond acceptors (Lipinski definition) is 28. The third kappa shape index (κ3) is 37.6. The molecule has 0 aliphatic rings. The summed E-state index contributed by atoms with van der Waals surface area (Å²) < 4.78 is 74.1. The lowest BCUT2D eigenvalue weighted by atomic mass is 10.1. The first kappa shape index (κ1) is 98.9. The molecular weight excluding hydrogens is 1640 g/mol. The lowest BCUT2D eigenvalue weighted by Crippen LogP contribution is -2.14. The zero-order chi connectivity index (χ0) is 91.5. The van der Waals surface area contributed by atoms with Crippen LogP contribution < -0.4 is 42.6 Å². The molecule has 0 saturated carbocycles. The van der Waals surface area contributed by atoms with E-state index in [1.807, 2.05) is 72.8 Å². The third-order valence-electron chi connectivity index (χ3n) is 18.2. The zero-order valence-electron chi connectivity index (χ0n) is 70.4. The summed E-state index contributed by atoms with van der Waals surface area (Å²) in [7, 11) is 2.30. The number of aryl methyl sites for hydroxylation is 3. The van der Waals surface area contributed by atoms with Gasteiger partial charge in [0, 0.05) is 37.5 Å². The van der Waals surface area contributed by atoms with Crippen LogP contribution >= 0.6 is 0 Å². The zero-order valence-corrected chi connectivity index (χ0v) is 70.4. The van der Waals surface area contributed by atoms with E-state index in [-0.39, 0.29) is 105 Å². The van der Waals surface area contributed by atoms with Crippen molar-refractivity contribution in [1.82, 2.24) is 0 Å². The average molecular weight is 1740 g/mol. The number of carbonyl (C=O) groups is 12. The fourth-order valence-electron chi connectivity index (χ4n) is 11.3. The van der Waals surface area contributed by atoms with Crippen LogP contribution in [0.5, 0.6) is 63.2 Å². The molecule has 0 amide bonds. The van der Waals surface area contributed by atoms with Crippen LogP contribution in [0.15, 0.2) is 244 Å². The van der Waals surface area contributed by atoms with Crippen molar-refractivity contribution in [2.45, 2.75) is 116 Å². The van der Waals surface area contributed by atoms with Crippen molar-refractivity contribution >= 4 is 71.6 Å². The summed E-state index contributed by atoms with van der Waals surface area (Å²) in [5.74, 6) is -5.24. The van der Waals surface area contributed by atoms with E-state index in [0.717, 1.165) is 137 Å². The highest BCUT2D eigenvalue weighted by molar-refractivity contribution is 5.99. The molecule has 29 heteroatoms. The number of aromatic hydroxyl groups is 2. The fourth-order valence-corrected chi connectivity index (χ4v) is 11.3. The van der Waals surface area contributed by atoms with Crippen LogP contribution in [-0.4, -0.2) is 141 Å². The van der Waals surface area contributed by atoms with Gasteiger partial charge < -0.3 is 81.6 Å². The maximum Gasteiger partial charge on any atom is 0.343 e. The van der Waals surface area contributed by atoms with Crippen molar-refractivity contribution in [2.75, 3.05) is 53.9 Å². The highest BCUT2D eigenvalue weighted by Gasteiger charge is 2.24. The van der Waals surface area contributed by atoms with Crippen molar-refractivity contribution in [3.8, 4) is 63.2 Å². The number of ether oxygens (including phenoxy) is 14. The molecule has 0 heterocycles. The Labute approximate surface area is 734 Å². The number of phenols is 2.